The molecule has 0 aliphatic carbocycles. The number of fused-ring (bicyclic) bond motifs is 2. The molecule has 1 aliphatic heterocycles. The number of aryl methyl sites for hydroxylation is 2. The lowest BCUT2D eigenvalue weighted by molar-refractivity contribution is 0.0971. The highest BCUT2D eigenvalue weighted by molar-refractivity contribution is 9.10. The Bertz CT molecular complexity index is 1470. The molecule has 1 aliphatic rings. The van der Waals surface area contributed by atoms with Crippen molar-refractivity contribution in [3.05, 3.63) is 97.3 Å². The van der Waals surface area contributed by atoms with Gasteiger partial charge in [0.1, 0.15) is 17.9 Å². The Kier molecular flexibility index (Phi) is 5.42. The number of aromatic nitrogens is 1. The van der Waals surface area contributed by atoms with Crippen LogP contribution in [0.2, 0.25) is 0 Å². The smallest absolute Gasteiger partial charge is 0.297 e. The molecule has 0 saturated carbocycles. The largest absolute Gasteiger partial charge is 0.490 e. The van der Waals surface area contributed by atoms with E-state index in [9.17, 15) is 9.59 Å². The maximum absolute atomic E-state index is 13.7. The summed E-state index contributed by atoms with van der Waals surface area (Å²) in [5.74, 6) is 0.276. The van der Waals surface area contributed by atoms with E-state index in [1.165, 1.54) is 11.3 Å². The number of carbonyl (C=O) groups is 1. The Balaban J connectivity index is 1.77. The zero-order valence-electron chi connectivity index (χ0n) is 17.9. The zero-order valence-corrected chi connectivity index (χ0v) is 20.3. The van der Waals surface area contributed by atoms with Gasteiger partial charge < -0.3 is 9.15 Å². The van der Waals surface area contributed by atoms with Crippen molar-refractivity contribution < 1.29 is 13.9 Å². The number of benzene rings is 2. The van der Waals surface area contributed by atoms with Gasteiger partial charge in [0.25, 0.3) is 5.91 Å². The average molecular weight is 523 g/mol. The Hall–Kier alpha value is -3.23. The first-order chi connectivity index (χ1) is 15.9. The SMILES string of the molecule is C=CCOc1cccc([C@@H]2c3c(oc4ccc(Br)cc4c3=O)C(=O)N2c2nc(C)c(C)s2)c1. The van der Waals surface area contributed by atoms with Crippen LogP contribution < -0.4 is 15.1 Å². The molecule has 3 heterocycles. The second-order valence-electron chi connectivity index (χ2n) is 7.70. The molecule has 166 valence electrons. The normalized spacial score (nSPS) is 15.2. The first-order valence-corrected chi connectivity index (χ1v) is 11.9. The van der Waals surface area contributed by atoms with Gasteiger partial charge in [-0.05, 0) is 49.7 Å². The van der Waals surface area contributed by atoms with Crippen molar-refractivity contribution in [2.75, 3.05) is 11.5 Å². The van der Waals surface area contributed by atoms with E-state index in [2.05, 4.69) is 27.5 Å². The fraction of sp³-hybridized carbons (Fsp3) is 0.160. The van der Waals surface area contributed by atoms with Gasteiger partial charge in [-0.1, -0.05) is 40.7 Å². The number of hydrogen-bond donors (Lipinski definition) is 0. The van der Waals surface area contributed by atoms with Crippen LogP contribution in [0.25, 0.3) is 11.0 Å². The van der Waals surface area contributed by atoms with Crippen LogP contribution in [-0.4, -0.2) is 17.5 Å². The van der Waals surface area contributed by atoms with Crippen LogP contribution in [0.3, 0.4) is 0 Å². The molecule has 33 heavy (non-hydrogen) atoms. The van der Waals surface area contributed by atoms with E-state index >= 15 is 0 Å². The molecule has 1 atom stereocenters. The highest BCUT2D eigenvalue weighted by atomic mass is 79.9. The average Bonchev–Trinajstić information content (AvgIpc) is 3.29. The Morgan fingerprint density at radius 2 is 2.06 bits per heavy atom. The lowest BCUT2D eigenvalue weighted by atomic mass is 9.98. The minimum absolute atomic E-state index is 0.0442. The van der Waals surface area contributed by atoms with E-state index in [4.69, 9.17) is 9.15 Å². The van der Waals surface area contributed by atoms with Gasteiger partial charge in [0, 0.05) is 9.35 Å². The standard InChI is InChI=1S/C25H19BrN2O4S/c1-4-10-31-17-7-5-6-15(11-17)21-20-22(29)18-12-16(26)8-9-19(18)32-23(20)24(30)28(21)25-27-13(2)14(3)33-25/h4-9,11-12,21H,1,10H2,2-3H3/t21-/m1/s1. The molecular weight excluding hydrogens is 504 g/mol. The maximum atomic E-state index is 13.7. The van der Waals surface area contributed by atoms with Gasteiger partial charge in [-0.2, -0.15) is 0 Å². The number of nitrogens with zero attached hydrogens (tertiary/aromatic N) is 2. The van der Waals surface area contributed by atoms with Gasteiger partial charge in [0.15, 0.2) is 10.6 Å². The summed E-state index contributed by atoms with van der Waals surface area (Å²) in [5.41, 5.74) is 2.00. The van der Waals surface area contributed by atoms with E-state index in [0.29, 0.717) is 34.0 Å². The topological polar surface area (TPSA) is 72.6 Å². The molecule has 0 spiro atoms. The predicted molar refractivity (Wildman–Crippen MR) is 133 cm³/mol. The minimum Gasteiger partial charge on any atom is -0.490 e. The minimum atomic E-state index is -0.690. The van der Waals surface area contributed by atoms with E-state index in [1.54, 1.807) is 29.2 Å². The molecule has 2 aromatic heterocycles. The van der Waals surface area contributed by atoms with Crippen molar-refractivity contribution in [1.82, 2.24) is 4.98 Å². The summed E-state index contributed by atoms with van der Waals surface area (Å²) < 4.78 is 12.5. The Morgan fingerprint density at radius 3 is 2.79 bits per heavy atom. The molecule has 0 radical (unpaired) electrons. The van der Waals surface area contributed by atoms with Crippen molar-refractivity contribution >= 4 is 49.3 Å². The van der Waals surface area contributed by atoms with Crippen molar-refractivity contribution in [2.45, 2.75) is 19.9 Å². The fourth-order valence-corrected chi connectivity index (χ4v) is 5.24. The molecule has 0 unspecified atom stereocenters. The van der Waals surface area contributed by atoms with Gasteiger partial charge in [0.2, 0.25) is 5.76 Å². The number of amides is 1. The van der Waals surface area contributed by atoms with E-state index in [-0.39, 0.29) is 17.1 Å². The van der Waals surface area contributed by atoms with E-state index in [0.717, 1.165) is 20.6 Å². The van der Waals surface area contributed by atoms with Crippen LogP contribution in [0, 0.1) is 13.8 Å². The lowest BCUT2D eigenvalue weighted by Crippen LogP contribution is -2.29. The first kappa shape index (κ1) is 21.6. The second kappa shape index (κ2) is 8.28. The van der Waals surface area contributed by atoms with Crippen LogP contribution in [0.4, 0.5) is 5.13 Å². The highest BCUT2D eigenvalue weighted by Crippen LogP contribution is 2.43. The molecule has 0 bridgehead atoms. The number of halogens is 1. The monoisotopic (exact) mass is 522 g/mol. The molecule has 0 saturated heterocycles. The number of rotatable bonds is 5. The van der Waals surface area contributed by atoms with Crippen LogP contribution >= 0.6 is 27.3 Å². The Labute approximate surface area is 202 Å². The molecule has 0 fully saturated rings. The fourth-order valence-electron chi connectivity index (χ4n) is 3.95. The summed E-state index contributed by atoms with van der Waals surface area (Å²) in [6, 6.07) is 11.9. The number of thiazole rings is 1. The summed E-state index contributed by atoms with van der Waals surface area (Å²) in [7, 11) is 0. The highest BCUT2D eigenvalue weighted by Gasteiger charge is 2.45. The van der Waals surface area contributed by atoms with Crippen LogP contribution in [0.15, 0.2) is 68.8 Å². The molecule has 0 N–H and O–H groups in total. The number of anilines is 1. The third-order valence-corrected chi connectivity index (χ3v) is 7.16. The lowest BCUT2D eigenvalue weighted by Gasteiger charge is -2.23. The van der Waals surface area contributed by atoms with Gasteiger partial charge in [-0.15, -0.1) is 11.3 Å². The van der Waals surface area contributed by atoms with Crippen molar-refractivity contribution in [3.8, 4) is 5.75 Å². The third-order valence-electron chi connectivity index (χ3n) is 5.60. The predicted octanol–water partition coefficient (Wildman–Crippen LogP) is 5.94. The van der Waals surface area contributed by atoms with Gasteiger partial charge in [-0.25, -0.2) is 4.98 Å². The van der Waals surface area contributed by atoms with Crippen molar-refractivity contribution in [2.24, 2.45) is 0 Å². The Morgan fingerprint density at radius 1 is 1.24 bits per heavy atom. The summed E-state index contributed by atoms with van der Waals surface area (Å²) in [6.07, 6.45) is 1.66. The quantitative estimate of drug-likeness (QED) is 0.303. The molecular formula is C25H19BrN2O4S. The van der Waals surface area contributed by atoms with Gasteiger partial charge in [-0.3, -0.25) is 14.5 Å². The van der Waals surface area contributed by atoms with Gasteiger partial charge in [0.05, 0.1) is 22.7 Å². The maximum Gasteiger partial charge on any atom is 0.297 e. The summed E-state index contributed by atoms with van der Waals surface area (Å²) >= 11 is 4.83. The van der Waals surface area contributed by atoms with E-state index < -0.39 is 6.04 Å². The van der Waals surface area contributed by atoms with E-state index in [1.807, 2.05) is 38.1 Å². The molecule has 4 aromatic rings. The zero-order chi connectivity index (χ0) is 23.3. The van der Waals surface area contributed by atoms with Crippen molar-refractivity contribution in [1.29, 1.82) is 0 Å². The summed E-state index contributed by atoms with van der Waals surface area (Å²) in [6.45, 7) is 7.89. The summed E-state index contributed by atoms with van der Waals surface area (Å²) in [4.78, 5) is 34.5. The number of carbonyl (C=O) groups excluding carboxylic acids is 1. The number of ether oxygens (including phenoxy) is 1. The molecule has 1 amide bonds. The summed E-state index contributed by atoms with van der Waals surface area (Å²) in [5, 5.41) is 0.932. The molecule has 6 nitrogen and oxygen atoms in total. The van der Waals surface area contributed by atoms with Crippen molar-refractivity contribution in [3.63, 3.8) is 0 Å². The second-order valence-corrected chi connectivity index (χ2v) is 9.80. The van der Waals surface area contributed by atoms with Crippen LogP contribution in [0.5, 0.6) is 5.75 Å². The molecule has 2 aromatic carbocycles. The van der Waals surface area contributed by atoms with Gasteiger partial charge >= 0.3 is 0 Å². The number of hydrogen-bond acceptors (Lipinski definition) is 6. The van der Waals surface area contributed by atoms with Crippen LogP contribution in [0.1, 0.15) is 38.3 Å². The van der Waals surface area contributed by atoms with Crippen LogP contribution in [-0.2, 0) is 0 Å². The molecule has 8 heteroatoms. The first-order valence-electron chi connectivity index (χ1n) is 10.3. The third kappa shape index (κ3) is 3.59. The molecule has 5 rings (SSSR count).